The van der Waals surface area contributed by atoms with E-state index in [4.69, 9.17) is 0 Å². The molecule has 1 unspecified atom stereocenters. The van der Waals surface area contributed by atoms with Gasteiger partial charge in [-0.3, -0.25) is 0 Å². The van der Waals surface area contributed by atoms with Gasteiger partial charge in [-0.1, -0.05) is 0 Å². The highest BCUT2D eigenvalue weighted by Crippen LogP contribution is 2.21. The average molecular weight is 309 g/mol. The van der Waals surface area contributed by atoms with Crippen LogP contribution in [0.1, 0.15) is 13.3 Å². The van der Waals surface area contributed by atoms with E-state index in [9.17, 15) is 8.42 Å². The molecular weight excluding hydrogens is 290 g/mol. The molecule has 2 N–H and O–H groups in total. The van der Waals surface area contributed by atoms with Crippen molar-refractivity contribution in [3.05, 3.63) is 18.6 Å². The Morgan fingerprint density at radius 1 is 1.43 bits per heavy atom. The minimum absolute atomic E-state index is 0.148. The first-order chi connectivity index (χ1) is 10.1. The van der Waals surface area contributed by atoms with Crippen molar-refractivity contribution >= 4 is 27.1 Å². The molecule has 0 spiro atoms. The molecule has 114 valence electrons. The van der Waals surface area contributed by atoms with E-state index in [1.807, 2.05) is 23.7 Å². The Hall–Kier alpha value is -1.83. The predicted molar refractivity (Wildman–Crippen MR) is 82.4 cm³/mol. The van der Waals surface area contributed by atoms with Crippen LogP contribution in [0.2, 0.25) is 0 Å². The van der Waals surface area contributed by atoms with Gasteiger partial charge >= 0.3 is 0 Å². The van der Waals surface area contributed by atoms with Gasteiger partial charge in [-0.2, -0.15) is 0 Å². The molecule has 2 aromatic heterocycles. The van der Waals surface area contributed by atoms with Crippen molar-refractivity contribution in [1.29, 1.82) is 0 Å². The topological polar surface area (TPSA) is 88.4 Å². The molecule has 2 aromatic rings. The van der Waals surface area contributed by atoms with E-state index in [1.165, 1.54) is 0 Å². The SMILES string of the molecule is CCNc1cn2ccnc2c(NCC2CCS(=O)(=O)C2)n1. The van der Waals surface area contributed by atoms with Gasteiger partial charge in [-0.25, -0.2) is 18.4 Å². The summed E-state index contributed by atoms with van der Waals surface area (Å²) < 4.78 is 24.9. The molecule has 0 saturated carbocycles. The van der Waals surface area contributed by atoms with E-state index < -0.39 is 9.84 Å². The van der Waals surface area contributed by atoms with Gasteiger partial charge in [0, 0.05) is 25.5 Å². The molecule has 21 heavy (non-hydrogen) atoms. The van der Waals surface area contributed by atoms with Gasteiger partial charge in [-0.15, -0.1) is 0 Å². The van der Waals surface area contributed by atoms with Gasteiger partial charge in [0.05, 0.1) is 17.7 Å². The highest BCUT2D eigenvalue weighted by Gasteiger charge is 2.27. The zero-order valence-corrected chi connectivity index (χ0v) is 12.7. The second kappa shape index (κ2) is 5.51. The molecule has 1 atom stereocenters. The van der Waals surface area contributed by atoms with Crippen LogP contribution < -0.4 is 10.6 Å². The number of fused-ring (bicyclic) bond motifs is 1. The first-order valence-corrected chi connectivity index (χ1v) is 8.91. The van der Waals surface area contributed by atoms with Crippen molar-refractivity contribution in [2.24, 2.45) is 5.92 Å². The first kappa shape index (κ1) is 14.1. The summed E-state index contributed by atoms with van der Waals surface area (Å²) in [5.74, 6) is 2.16. The number of aromatic nitrogens is 3. The minimum atomic E-state index is -2.84. The number of nitrogens with zero attached hydrogens (tertiary/aromatic N) is 3. The summed E-state index contributed by atoms with van der Waals surface area (Å²) in [6.07, 6.45) is 6.19. The monoisotopic (exact) mass is 309 g/mol. The third kappa shape index (κ3) is 3.10. The molecule has 0 aliphatic carbocycles. The summed E-state index contributed by atoms with van der Waals surface area (Å²) in [6.45, 7) is 3.40. The van der Waals surface area contributed by atoms with E-state index in [0.29, 0.717) is 24.5 Å². The third-order valence-electron chi connectivity index (χ3n) is 3.62. The molecule has 8 heteroatoms. The second-order valence-electron chi connectivity index (χ2n) is 5.31. The van der Waals surface area contributed by atoms with Crippen LogP contribution in [0, 0.1) is 5.92 Å². The van der Waals surface area contributed by atoms with Crippen molar-refractivity contribution in [2.75, 3.05) is 35.2 Å². The first-order valence-electron chi connectivity index (χ1n) is 7.09. The Kier molecular flexibility index (Phi) is 3.71. The van der Waals surface area contributed by atoms with E-state index in [1.54, 1.807) is 6.20 Å². The molecule has 1 fully saturated rings. The summed E-state index contributed by atoms with van der Waals surface area (Å²) in [5, 5.41) is 6.43. The lowest BCUT2D eigenvalue weighted by atomic mass is 10.1. The van der Waals surface area contributed by atoms with Crippen molar-refractivity contribution in [2.45, 2.75) is 13.3 Å². The Morgan fingerprint density at radius 2 is 2.29 bits per heavy atom. The zero-order chi connectivity index (χ0) is 14.9. The maximum atomic E-state index is 11.5. The molecule has 3 rings (SSSR count). The largest absolute Gasteiger partial charge is 0.369 e. The smallest absolute Gasteiger partial charge is 0.180 e. The molecule has 0 radical (unpaired) electrons. The quantitative estimate of drug-likeness (QED) is 0.857. The normalized spacial score (nSPS) is 20.7. The molecule has 0 bridgehead atoms. The number of nitrogens with one attached hydrogen (secondary N) is 2. The fourth-order valence-corrected chi connectivity index (χ4v) is 4.45. The van der Waals surface area contributed by atoms with Crippen molar-refractivity contribution in [1.82, 2.24) is 14.4 Å². The summed E-state index contributed by atoms with van der Waals surface area (Å²) in [5.41, 5.74) is 0.748. The van der Waals surface area contributed by atoms with Gasteiger partial charge in [0.2, 0.25) is 0 Å². The summed E-state index contributed by atoms with van der Waals surface area (Å²) in [4.78, 5) is 8.79. The number of hydrogen-bond donors (Lipinski definition) is 2. The van der Waals surface area contributed by atoms with Crippen LogP contribution in [0.5, 0.6) is 0 Å². The van der Waals surface area contributed by atoms with E-state index >= 15 is 0 Å². The Morgan fingerprint density at radius 3 is 3.00 bits per heavy atom. The molecule has 0 amide bonds. The second-order valence-corrected chi connectivity index (χ2v) is 7.54. The summed E-state index contributed by atoms with van der Waals surface area (Å²) in [6, 6.07) is 0. The standard InChI is InChI=1S/C13H19N5O2S/c1-2-14-11-8-18-5-4-15-13(18)12(17-11)16-7-10-3-6-21(19,20)9-10/h4-5,8,10,14H,2-3,6-7,9H2,1H3,(H,16,17). The van der Waals surface area contributed by atoms with Crippen LogP contribution in [-0.2, 0) is 9.84 Å². The fourth-order valence-electron chi connectivity index (χ4n) is 2.59. The van der Waals surface area contributed by atoms with Crippen LogP contribution in [-0.4, -0.2) is 47.4 Å². The van der Waals surface area contributed by atoms with Crippen molar-refractivity contribution in [3.63, 3.8) is 0 Å². The van der Waals surface area contributed by atoms with Gasteiger partial charge in [0.25, 0.3) is 0 Å². The van der Waals surface area contributed by atoms with Gasteiger partial charge in [0.15, 0.2) is 21.3 Å². The van der Waals surface area contributed by atoms with Crippen LogP contribution in [0.15, 0.2) is 18.6 Å². The molecule has 1 aliphatic heterocycles. The summed E-state index contributed by atoms with van der Waals surface area (Å²) >= 11 is 0. The number of imidazole rings is 1. The van der Waals surface area contributed by atoms with Crippen LogP contribution >= 0.6 is 0 Å². The Labute approximate surface area is 123 Å². The molecular formula is C13H19N5O2S. The molecule has 0 aromatic carbocycles. The Bertz CT molecular complexity index is 740. The lowest BCUT2D eigenvalue weighted by Crippen LogP contribution is -2.17. The molecule has 7 nitrogen and oxygen atoms in total. The van der Waals surface area contributed by atoms with Crippen LogP contribution in [0.25, 0.3) is 5.65 Å². The van der Waals surface area contributed by atoms with Crippen LogP contribution in [0.3, 0.4) is 0 Å². The lowest BCUT2D eigenvalue weighted by Gasteiger charge is -2.12. The average Bonchev–Trinajstić information content (AvgIpc) is 3.02. The van der Waals surface area contributed by atoms with E-state index in [0.717, 1.165) is 18.0 Å². The molecule has 3 heterocycles. The van der Waals surface area contributed by atoms with E-state index in [-0.39, 0.29) is 11.7 Å². The van der Waals surface area contributed by atoms with E-state index in [2.05, 4.69) is 20.6 Å². The lowest BCUT2D eigenvalue weighted by molar-refractivity contribution is 0.595. The highest BCUT2D eigenvalue weighted by molar-refractivity contribution is 7.91. The van der Waals surface area contributed by atoms with Crippen molar-refractivity contribution < 1.29 is 8.42 Å². The number of rotatable bonds is 5. The van der Waals surface area contributed by atoms with Gasteiger partial charge < -0.3 is 15.0 Å². The zero-order valence-electron chi connectivity index (χ0n) is 11.9. The minimum Gasteiger partial charge on any atom is -0.369 e. The Balaban J connectivity index is 1.78. The number of hydrogen-bond acceptors (Lipinski definition) is 6. The maximum absolute atomic E-state index is 11.5. The molecule has 1 aliphatic rings. The highest BCUT2D eigenvalue weighted by atomic mass is 32.2. The predicted octanol–water partition coefficient (Wildman–Crippen LogP) is 1.01. The van der Waals surface area contributed by atoms with Gasteiger partial charge in [-0.05, 0) is 19.3 Å². The van der Waals surface area contributed by atoms with Crippen LogP contribution in [0.4, 0.5) is 11.6 Å². The number of sulfone groups is 1. The van der Waals surface area contributed by atoms with Gasteiger partial charge in [0.1, 0.15) is 5.82 Å². The fraction of sp³-hybridized carbons (Fsp3) is 0.538. The third-order valence-corrected chi connectivity index (χ3v) is 5.45. The maximum Gasteiger partial charge on any atom is 0.180 e. The van der Waals surface area contributed by atoms with Crippen molar-refractivity contribution in [3.8, 4) is 0 Å². The number of anilines is 2. The summed E-state index contributed by atoms with van der Waals surface area (Å²) in [7, 11) is -2.84. The molecule has 1 saturated heterocycles.